The number of amides is 3. The van der Waals surface area contributed by atoms with Gasteiger partial charge in [-0.25, -0.2) is 0 Å². The van der Waals surface area contributed by atoms with Gasteiger partial charge in [0.05, 0.1) is 11.5 Å². The first-order valence-electron chi connectivity index (χ1n) is 11.4. The molecule has 0 aliphatic carbocycles. The van der Waals surface area contributed by atoms with Crippen molar-refractivity contribution >= 4 is 46.9 Å². The molecule has 2 heterocycles. The maximum absolute atomic E-state index is 13.1. The van der Waals surface area contributed by atoms with E-state index in [2.05, 4.69) is 20.9 Å². The third-order valence-electron chi connectivity index (χ3n) is 5.08. The van der Waals surface area contributed by atoms with Crippen LogP contribution in [0.25, 0.3) is 6.08 Å². The molecule has 186 valence electrons. The van der Waals surface area contributed by atoms with Crippen LogP contribution in [0.5, 0.6) is 0 Å². The van der Waals surface area contributed by atoms with Gasteiger partial charge in [-0.3, -0.25) is 19.4 Å². The van der Waals surface area contributed by atoms with E-state index in [4.69, 9.17) is 4.42 Å². The lowest BCUT2D eigenvalue weighted by Crippen LogP contribution is -2.30. The second kappa shape index (κ2) is 12.4. The van der Waals surface area contributed by atoms with Crippen molar-refractivity contribution in [3.63, 3.8) is 0 Å². The Balaban J connectivity index is 1.44. The van der Waals surface area contributed by atoms with Crippen LogP contribution < -0.4 is 16.0 Å². The van der Waals surface area contributed by atoms with Gasteiger partial charge in [-0.1, -0.05) is 24.3 Å². The van der Waals surface area contributed by atoms with Crippen molar-refractivity contribution < 1.29 is 18.8 Å². The molecule has 4 rings (SSSR count). The van der Waals surface area contributed by atoms with Crippen molar-refractivity contribution in [1.82, 2.24) is 10.3 Å². The van der Waals surface area contributed by atoms with Crippen LogP contribution in [0.4, 0.5) is 11.4 Å². The fourth-order valence-corrected chi connectivity index (χ4v) is 4.17. The minimum Gasteiger partial charge on any atom is -0.465 e. The number of anilines is 2. The number of furan rings is 1. The van der Waals surface area contributed by atoms with Gasteiger partial charge in [0.2, 0.25) is 5.91 Å². The number of hydrogen-bond donors (Lipinski definition) is 3. The molecule has 1 atom stereocenters. The molecule has 0 bridgehead atoms. The number of aromatic nitrogens is 1. The SMILES string of the molecule is CC(Sc1cccc(NC(=O)/C(=C/c2ccco2)NC(=O)c2ccccc2)c1)C(=O)Nc1ccncc1. The van der Waals surface area contributed by atoms with Crippen LogP contribution in [0, 0.1) is 0 Å². The van der Waals surface area contributed by atoms with Crippen molar-refractivity contribution in [2.45, 2.75) is 17.1 Å². The molecule has 8 nitrogen and oxygen atoms in total. The van der Waals surface area contributed by atoms with Crippen LogP contribution in [-0.4, -0.2) is 28.0 Å². The van der Waals surface area contributed by atoms with Gasteiger partial charge in [-0.15, -0.1) is 11.8 Å². The summed E-state index contributed by atoms with van der Waals surface area (Å²) >= 11 is 1.35. The van der Waals surface area contributed by atoms with Crippen molar-refractivity contribution in [2.24, 2.45) is 0 Å². The topological polar surface area (TPSA) is 113 Å². The van der Waals surface area contributed by atoms with Gasteiger partial charge in [0.15, 0.2) is 0 Å². The summed E-state index contributed by atoms with van der Waals surface area (Å²) in [6, 6.07) is 22.5. The third-order valence-corrected chi connectivity index (χ3v) is 6.17. The Bertz CT molecular complexity index is 1390. The van der Waals surface area contributed by atoms with Gasteiger partial charge in [0, 0.05) is 40.3 Å². The van der Waals surface area contributed by atoms with E-state index < -0.39 is 17.1 Å². The molecule has 0 aliphatic rings. The highest BCUT2D eigenvalue weighted by molar-refractivity contribution is 8.00. The number of nitrogens with zero attached hydrogens (tertiary/aromatic N) is 1. The normalized spacial score (nSPS) is 11.9. The quantitative estimate of drug-likeness (QED) is 0.210. The molecule has 0 saturated carbocycles. The second-order valence-electron chi connectivity index (χ2n) is 7.86. The Morgan fingerprint density at radius 1 is 0.892 bits per heavy atom. The number of hydrogen-bond acceptors (Lipinski definition) is 6. The zero-order valence-corrected chi connectivity index (χ0v) is 20.7. The molecule has 0 aliphatic heterocycles. The molecular weight excluding hydrogens is 488 g/mol. The van der Waals surface area contributed by atoms with E-state index in [1.54, 1.807) is 92.1 Å². The van der Waals surface area contributed by atoms with E-state index in [1.807, 2.05) is 6.07 Å². The number of carbonyl (C=O) groups excluding carboxylic acids is 3. The maximum Gasteiger partial charge on any atom is 0.272 e. The maximum atomic E-state index is 13.1. The van der Waals surface area contributed by atoms with Crippen LogP contribution in [0.2, 0.25) is 0 Å². The first kappa shape index (κ1) is 25.5. The van der Waals surface area contributed by atoms with Crippen LogP contribution in [0.3, 0.4) is 0 Å². The zero-order valence-electron chi connectivity index (χ0n) is 19.9. The second-order valence-corrected chi connectivity index (χ2v) is 9.27. The third kappa shape index (κ3) is 7.42. The summed E-state index contributed by atoms with van der Waals surface area (Å²) in [6.45, 7) is 1.80. The molecule has 0 fully saturated rings. The highest BCUT2D eigenvalue weighted by Crippen LogP contribution is 2.27. The molecule has 0 spiro atoms. The molecule has 1 unspecified atom stereocenters. The number of rotatable bonds is 9. The number of nitrogens with one attached hydrogen (secondary N) is 3. The van der Waals surface area contributed by atoms with Crippen molar-refractivity contribution in [2.75, 3.05) is 10.6 Å². The van der Waals surface area contributed by atoms with E-state index in [1.165, 1.54) is 24.1 Å². The van der Waals surface area contributed by atoms with E-state index >= 15 is 0 Å². The molecule has 37 heavy (non-hydrogen) atoms. The largest absolute Gasteiger partial charge is 0.465 e. The molecule has 2 aromatic heterocycles. The molecule has 2 aromatic carbocycles. The van der Waals surface area contributed by atoms with Gasteiger partial charge in [0.1, 0.15) is 11.5 Å². The van der Waals surface area contributed by atoms with Gasteiger partial charge in [0.25, 0.3) is 11.8 Å². The predicted molar refractivity (Wildman–Crippen MR) is 144 cm³/mol. The average molecular weight is 513 g/mol. The highest BCUT2D eigenvalue weighted by Gasteiger charge is 2.17. The number of carbonyl (C=O) groups is 3. The molecule has 0 radical (unpaired) electrons. The minimum atomic E-state index is -0.522. The van der Waals surface area contributed by atoms with Gasteiger partial charge in [-0.2, -0.15) is 0 Å². The summed E-state index contributed by atoms with van der Waals surface area (Å²) in [6.07, 6.45) is 6.15. The first-order valence-corrected chi connectivity index (χ1v) is 12.3. The zero-order chi connectivity index (χ0) is 26.0. The molecule has 3 N–H and O–H groups in total. The Hall–Kier alpha value is -4.63. The Labute approximate surface area is 218 Å². The Kier molecular flexibility index (Phi) is 8.51. The number of thioether (sulfide) groups is 1. The number of pyridine rings is 1. The standard InChI is InChI=1S/C28H24N4O4S/c1-19(26(33)30-21-12-14-29-15-13-21)37-24-11-5-9-22(17-24)31-28(35)25(18-23-10-6-16-36-23)32-27(34)20-7-3-2-4-8-20/h2-19H,1H3,(H,31,35)(H,32,34)(H,29,30,33)/b25-18-. The lowest BCUT2D eigenvalue weighted by molar-refractivity contribution is -0.115. The van der Waals surface area contributed by atoms with E-state index in [0.717, 1.165) is 4.90 Å². The van der Waals surface area contributed by atoms with Gasteiger partial charge < -0.3 is 20.4 Å². The highest BCUT2D eigenvalue weighted by atomic mass is 32.2. The molecule has 9 heteroatoms. The summed E-state index contributed by atoms with van der Waals surface area (Å²) in [5.74, 6) is -0.687. The first-order chi connectivity index (χ1) is 18.0. The van der Waals surface area contributed by atoms with Crippen molar-refractivity contribution in [1.29, 1.82) is 0 Å². The average Bonchev–Trinajstić information content (AvgIpc) is 3.43. The van der Waals surface area contributed by atoms with Crippen LogP contribution >= 0.6 is 11.8 Å². The van der Waals surface area contributed by atoms with E-state index in [-0.39, 0.29) is 11.6 Å². The molecular formula is C28H24N4O4S. The Morgan fingerprint density at radius 3 is 2.41 bits per heavy atom. The van der Waals surface area contributed by atoms with Gasteiger partial charge in [-0.05, 0) is 61.5 Å². The smallest absolute Gasteiger partial charge is 0.272 e. The summed E-state index contributed by atoms with van der Waals surface area (Å²) in [4.78, 5) is 43.1. The summed E-state index contributed by atoms with van der Waals surface area (Å²) in [5.41, 5.74) is 1.61. The lowest BCUT2D eigenvalue weighted by Gasteiger charge is -2.14. The van der Waals surface area contributed by atoms with Crippen molar-refractivity contribution in [3.8, 4) is 0 Å². The summed E-state index contributed by atoms with van der Waals surface area (Å²) < 4.78 is 5.33. The summed E-state index contributed by atoms with van der Waals surface area (Å²) in [5, 5.41) is 7.93. The van der Waals surface area contributed by atoms with Crippen LogP contribution in [0.15, 0.2) is 113 Å². The molecule has 0 saturated heterocycles. The fourth-order valence-electron chi connectivity index (χ4n) is 3.24. The lowest BCUT2D eigenvalue weighted by atomic mass is 10.2. The molecule has 4 aromatic rings. The Morgan fingerprint density at radius 2 is 1.68 bits per heavy atom. The minimum absolute atomic E-state index is 0.0203. The monoisotopic (exact) mass is 512 g/mol. The van der Waals surface area contributed by atoms with E-state index in [9.17, 15) is 14.4 Å². The van der Waals surface area contributed by atoms with Crippen molar-refractivity contribution in [3.05, 3.63) is 115 Å². The van der Waals surface area contributed by atoms with Crippen LogP contribution in [-0.2, 0) is 9.59 Å². The predicted octanol–water partition coefficient (Wildman–Crippen LogP) is 5.20. The van der Waals surface area contributed by atoms with Gasteiger partial charge >= 0.3 is 0 Å². The fraction of sp³-hybridized carbons (Fsp3) is 0.0714. The number of benzene rings is 2. The van der Waals surface area contributed by atoms with E-state index in [0.29, 0.717) is 22.7 Å². The van der Waals surface area contributed by atoms with Crippen LogP contribution in [0.1, 0.15) is 23.0 Å². The molecule has 3 amide bonds. The summed E-state index contributed by atoms with van der Waals surface area (Å²) in [7, 11) is 0.